The summed E-state index contributed by atoms with van der Waals surface area (Å²) < 4.78 is 31.4. The topological polar surface area (TPSA) is 87.7 Å². The first kappa shape index (κ1) is 32.2. The maximum atomic E-state index is 13.3. The highest BCUT2D eigenvalue weighted by Gasteiger charge is 2.31. The van der Waals surface area contributed by atoms with Crippen molar-refractivity contribution in [1.29, 1.82) is 0 Å². The summed E-state index contributed by atoms with van der Waals surface area (Å²) in [5.41, 5.74) is 1.69. The molecule has 222 valence electrons. The zero-order valence-electron chi connectivity index (χ0n) is 23.9. The van der Waals surface area contributed by atoms with Gasteiger partial charge in [0.1, 0.15) is 11.5 Å². The minimum Gasteiger partial charge on any atom is -0.457 e. The SMILES string of the molecule is CCCCC(C(=O)NC1CCN(Cc2ccc(Oc3cccc(NS(C)(=O)=O)c3)cc2)CC1)C1CCCCC1.Cl. The van der Waals surface area contributed by atoms with Crippen LogP contribution in [0.3, 0.4) is 0 Å². The molecule has 1 unspecified atom stereocenters. The van der Waals surface area contributed by atoms with Crippen LogP contribution in [0.2, 0.25) is 0 Å². The molecule has 2 N–H and O–H groups in total. The van der Waals surface area contributed by atoms with Crippen LogP contribution >= 0.6 is 12.4 Å². The van der Waals surface area contributed by atoms with Crippen molar-refractivity contribution in [2.45, 2.75) is 83.7 Å². The van der Waals surface area contributed by atoms with Gasteiger partial charge in [0, 0.05) is 37.7 Å². The van der Waals surface area contributed by atoms with Crippen LogP contribution in [0.4, 0.5) is 5.69 Å². The number of hydrogen-bond acceptors (Lipinski definition) is 5. The summed E-state index contributed by atoms with van der Waals surface area (Å²) in [4.78, 5) is 15.7. The van der Waals surface area contributed by atoms with Crippen LogP contribution in [0.25, 0.3) is 0 Å². The number of sulfonamides is 1. The van der Waals surface area contributed by atoms with E-state index in [1.165, 1.54) is 37.7 Å². The molecule has 2 fully saturated rings. The second kappa shape index (κ2) is 15.6. The Balaban J connectivity index is 0.00000441. The van der Waals surface area contributed by atoms with Crippen LogP contribution in [0.1, 0.15) is 76.7 Å². The maximum Gasteiger partial charge on any atom is 0.229 e. The molecule has 1 saturated heterocycles. The number of nitrogens with one attached hydrogen (secondary N) is 2. The minimum absolute atomic E-state index is 0. The molecule has 40 heavy (non-hydrogen) atoms. The average Bonchev–Trinajstić information content (AvgIpc) is 2.91. The fourth-order valence-electron chi connectivity index (χ4n) is 5.98. The summed E-state index contributed by atoms with van der Waals surface area (Å²) >= 11 is 0. The molecule has 0 aromatic heterocycles. The molecule has 9 heteroatoms. The first-order valence-corrected chi connectivity index (χ1v) is 16.6. The number of rotatable bonds is 12. The molecule has 1 aliphatic heterocycles. The maximum absolute atomic E-state index is 13.3. The van der Waals surface area contributed by atoms with Crippen LogP contribution in [-0.2, 0) is 21.4 Å². The molecule has 2 aromatic carbocycles. The largest absolute Gasteiger partial charge is 0.457 e. The van der Waals surface area contributed by atoms with Gasteiger partial charge in [0.2, 0.25) is 15.9 Å². The number of ether oxygens (including phenoxy) is 1. The van der Waals surface area contributed by atoms with Crippen LogP contribution in [-0.4, -0.2) is 44.6 Å². The van der Waals surface area contributed by atoms with E-state index in [0.717, 1.165) is 58.0 Å². The monoisotopic (exact) mass is 591 g/mol. The van der Waals surface area contributed by atoms with Gasteiger partial charge in [-0.2, -0.15) is 0 Å². The van der Waals surface area contributed by atoms with E-state index in [0.29, 0.717) is 29.0 Å². The number of amides is 1. The number of carbonyl (C=O) groups is 1. The van der Waals surface area contributed by atoms with Gasteiger partial charge in [-0.05, 0) is 67.9 Å². The predicted octanol–water partition coefficient (Wildman–Crippen LogP) is 6.74. The molecule has 4 rings (SSSR count). The summed E-state index contributed by atoms with van der Waals surface area (Å²) in [6, 6.07) is 15.2. The standard InChI is InChI=1S/C31H45N3O4S.ClH/c1-3-4-13-30(25-9-6-5-7-10-25)31(35)32-26-18-20-34(21-19-26)23-24-14-16-28(17-15-24)38-29-12-8-11-27(22-29)33-39(2,36)37;/h8,11-12,14-17,22,25-26,30,33H,3-7,9-10,13,18-21,23H2,1-2H3,(H,32,35);1H. The average molecular weight is 592 g/mol. The molecular formula is C31H46ClN3O4S. The molecule has 1 amide bonds. The lowest BCUT2D eigenvalue weighted by Gasteiger charge is -2.35. The molecule has 0 bridgehead atoms. The van der Waals surface area contributed by atoms with Crippen LogP contribution in [0, 0.1) is 11.8 Å². The van der Waals surface area contributed by atoms with Gasteiger partial charge in [-0.3, -0.25) is 14.4 Å². The van der Waals surface area contributed by atoms with Gasteiger partial charge in [0.25, 0.3) is 0 Å². The lowest BCUT2D eigenvalue weighted by Crippen LogP contribution is -2.47. The summed E-state index contributed by atoms with van der Waals surface area (Å²) in [6.07, 6.45) is 12.8. The third-order valence-corrected chi connectivity index (χ3v) is 8.67. The number of nitrogens with zero attached hydrogens (tertiary/aromatic N) is 1. The zero-order chi connectivity index (χ0) is 27.7. The molecule has 2 aromatic rings. The van der Waals surface area contributed by atoms with Crippen LogP contribution in [0.5, 0.6) is 11.5 Å². The van der Waals surface area contributed by atoms with E-state index >= 15 is 0 Å². The lowest BCUT2D eigenvalue weighted by atomic mass is 9.77. The molecule has 1 aliphatic carbocycles. The summed E-state index contributed by atoms with van der Waals surface area (Å²) in [5, 5.41) is 3.44. The van der Waals surface area contributed by atoms with Gasteiger partial charge in [0.15, 0.2) is 0 Å². The Labute approximate surface area is 246 Å². The van der Waals surface area contributed by atoms with Gasteiger partial charge in [-0.25, -0.2) is 8.42 Å². The molecule has 0 radical (unpaired) electrons. The number of benzene rings is 2. The van der Waals surface area contributed by atoms with E-state index in [1.807, 2.05) is 12.1 Å². The molecule has 2 aliphatic rings. The fraction of sp³-hybridized carbons (Fsp3) is 0.581. The van der Waals surface area contributed by atoms with Gasteiger partial charge in [0.05, 0.1) is 11.9 Å². The number of anilines is 1. The van der Waals surface area contributed by atoms with Crippen molar-refractivity contribution in [3.05, 3.63) is 54.1 Å². The number of hydrogen-bond donors (Lipinski definition) is 2. The second-order valence-electron chi connectivity index (χ2n) is 11.4. The summed E-state index contributed by atoms with van der Waals surface area (Å²) in [7, 11) is -3.34. The Bertz CT molecular complexity index is 1160. The summed E-state index contributed by atoms with van der Waals surface area (Å²) in [6.45, 7) is 5.04. The molecule has 1 heterocycles. The van der Waals surface area contributed by atoms with Crippen LogP contribution < -0.4 is 14.8 Å². The Morgan fingerprint density at radius 2 is 1.70 bits per heavy atom. The van der Waals surface area contributed by atoms with E-state index in [1.54, 1.807) is 24.3 Å². The Morgan fingerprint density at radius 1 is 1.00 bits per heavy atom. The molecular weight excluding hydrogens is 546 g/mol. The van der Waals surface area contributed by atoms with E-state index in [2.05, 4.69) is 34.0 Å². The third kappa shape index (κ3) is 10.3. The number of halogens is 1. The van der Waals surface area contributed by atoms with Crippen molar-refractivity contribution < 1.29 is 17.9 Å². The second-order valence-corrected chi connectivity index (χ2v) is 13.1. The normalized spacial score (nSPS) is 17.9. The Morgan fingerprint density at radius 3 is 2.35 bits per heavy atom. The minimum atomic E-state index is -3.34. The molecule has 1 saturated carbocycles. The predicted molar refractivity (Wildman–Crippen MR) is 165 cm³/mol. The highest BCUT2D eigenvalue weighted by molar-refractivity contribution is 7.92. The summed E-state index contributed by atoms with van der Waals surface area (Å²) in [5.74, 6) is 2.35. The smallest absolute Gasteiger partial charge is 0.229 e. The van der Waals surface area contributed by atoms with Crippen molar-refractivity contribution in [2.24, 2.45) is 11.8 Å². The fourth-order valence-corrected chi connectivity index (χ4v) is 6.53. The van der Waals surface area contributed by atoms with E-state index in [9.17, 15) is 13.2 Å². The van der Waals surface area contributed by atoms with Crippen molar-refractivity contribution in [3.63, 3.8) is 0 Å². The molecule has 1 atom stereocenters. The van der Waals surface area contributed by atoms with E-state index in [-0.39, 0.29) is 24.4 Å². The number of unbranched alkanes of at least 4 members (excludes halogenated alkanes) is 1. The zero-order valence-corrected chi connectivity index (χ0v) is 25.6. The third-order valence-electron chi connectivity index (χ3n) is 8.06. The van der Waals surface area contributed by atoms with Gasteiger partial charge in [-0.15, -0.1) is 12.4 Å². The highest BCUT2D eigenvalue weighted by Crippen LogP contribution is 2.33. The van der Waals surface area contributed by atoms with E-state index in [4.69, 9.17) is 4.74 Å². The van der Waals surface area contributed by atoms with E-state index < -0.39 is 10.0 Å². The number of carbonyl (C=O) groups excluding carboxylic acids is 1. The van der Waals surface area contributed by atoms with Crippen LogP contribution in [0.15, 0.2) is 48.5 Å². The van der Waals surface area contributed by atoms with Crippen molar-refractivity contribution in [2.75, 3.05) is 24.1 Å². The molecule has 0 spiro atoms. The van der Waals surface area contributed by atoms with Gasteiger partial charge >= 0.3 is 0 Å². The van der Waals surface area contributed by atoms with Crippen molar-refractivity contribution >= 4 is 34.0 Å². The van der Waals surface area contributed by atoms with Crippen molar-refractivity contribution in [3.8, 4) is 11.5 Å². The number of piperidine rings is 1. The first-order valence-electron chi connectivity index (χ1n) is 14.7. The number of likely N-dealkylation sites (tertiary alicyclic amines) is 1. The lowest BCUT2D eigenvalue weighted by molar-refractivity contribution is -0.128. The molecule has 7 nitrogen and oxygen atoms in total. The Kier molecular flexibility index (Phi) is 12.6. The Hall–Kier alpha value is -2.29. The van der Waals surface area contributed by atoms with Crippen molar-refractivity contribution in [1.82, 2.24) is 10.2 Å². The highest BCUT2D eigenvalue weighted by atomic mass is 35.5. The van der Waals surface area contributed by atoms with Gasteiger partial charge in [-0.1, -0.05) is 57.2 Å². The van der Waals surface area contributed by atoms with Gasteiger partial charge < -0.3 is 10.1 Å². The first-order chi connectivity index (χ1) is 18.8. The quantitative estimate of drug-likeness (QED) is 0.285.